The number of hydrogen-bond acceptors (Lipinski definition) is 4. The Hall–Kier alpha value is -2.90. The van der Waals surface area contributed by atoms with Crippen molar-refractivity contribution in [2.24, 2.45) is 0 Å². The second-order valence-corrected chi connectivity index (χ2v) is 4.49. The summed E-state index contributed by atoms with van der Waals surface area (Å²) in [5.41, 5.74) is 1.27. The highest BCUT2D eigenvalue weighted by Crippen LogP contribution is 2.11. The molecule has 0 saturated carbocycles. The van der Waals surface area contributed by atoms with E-state index in [9.17, 15) is 9.59 Å². The molecule has 0 fully saturated rings. The van der Waals surface area contributed by atoms with E-state index < -0.39 is 5.97 Å². The van der Waals surface area contributed by atoms with Crippen molar-refractivity contribution in [3.63, 3.8) is 0 Å². The number of urea groups is 1. The highest BCUT2D eigenvalue weighted by atomic mass is 16.4. The van der Waals surface area contributed by atoms with Gasteiger partial charge in [0, 0.05) is 12.7 Å². The van der Waals surface area contributed by atoms with Gasteiger partial charge in [0.1, 0.15) is 12.2 Å². The van der Waals surface area contributed by atoms with Crippen LogP contribution in [0.4, 0.5) is 10.5 Å². The molecule has 21 heavy (non-hydrogen) atoms. The first-order chi connectivity index (χ1) is 10.0. The number of aromatic amines is 1. The van der Waals surface area contributed by atoms with Crippen LogP contribution in [0.3, 0.4) is 0 Å². The number of carboxylic acid groups (broad SMARTS) is 1. The van der Waals surface area contributed by atoms with E-state index in [0.29, 0.717) is 23.6 Å². The summed E-state index contributed by atoms with van der Waals surface area (Å²) in [5.74, 6) is -0.303. The molecule has 0 saturated heterocycles. The highest BCUT2D eigenvalue weighted by Gasteiger charge is 2.11. The summed E-state index contributed by atoms with van der Waals surface area (Å²) in [6, 6.07) is 6.37. The number of rotatable bonds is 5. The number of hydrogen-bond donors (Lipinski definition) is 3. The lowest BCUT2D eigenvalue weighted by molar-refractivity contribution is -0.136. The average Bonchev–Trinajstić information content (AvgIpc) is 2.93. The van der Waals surface area contributed by atoms with Crippen LogP contribution in [-0.4, -0.2) is 44.2 Å². The standard InChI is InChI=1S/C13H15N5O3/c1-18(7-11-14-8-15-17-11)13(21)16-10-4-2-9(3-5-10)6-12(19)20/h2-5,8H,6-7H2,1H3,(H,16,21)(H,19,20)(H,14,15,17). The maximum absolute atomic E-state index is 12.0. The Labute approximate surface area is 120 Å². The molecule has 2 aromatic rings. The first kappa shape index (κ1) is 14.5. The molecule has 1 heterocycles. The molecule has 1 aromatic heterocycles. The van der Waals surface area contributed by atoms with Crippen LogP contribution >= 0.6 is 0 Å². The van der Waals surface area contributed by atoms with Gasteiger partial charge in [-0.05, 0) is 17.7 Å². The fourth-order valence-electron chi connectivity index (χ4n) is 1.70. The molecule has 0 aliphatic rings. The van der Waals surface area contributed by atoms with E-state index in [1.807, 2.05) is 0 Å². The zero-order chi connectivity index (χ0) is 15.2. The summed E-state index contributed by atoms with van der Waals surface area (Å²) in [7, 11) is 1.64. The lowest BCUT2D eigenvalue weighted by atomic mass is 10.1. The topological polar surface area (TPSA) is 111 Å². The number of aliphatic carboxylic acids is 1. The van der Waals surface area contributed by atoms with Gasteiger partial charge in [-0.25, -0.2) is 9.78 Å². The third-order valence-corrected chi connectivity index (χ3v) is 2.76. The number of benzene rings is 1. The average molecular weight is 289 g/mol. The summed E-state index contributed by atoms with van der Waals surface area (Å²) in [6.07, 6.45) is 1.34. The van der Waals surface area contributed by atoms with Gasteiger partial charge in [0.2, 0.25) is 0 Å². The summed E-state index contributed by atoms with van der Waals surface area (Å²) in [5, 5.41) is 17.8. The molecule has 0 unspecified atom stereocenters. The van der Waals surface area contributed by atoms with Crippen molar-refractivity contribution in [2.75, 3.05) is 12.4 Å². The van der Waals surface area contributed by atoms with E-state index in [1.165, 1.54) is 11.2 Å². The minimum Gasteiger partial charge on any atom is -0.481 e. The van der Waals surface area contributed by atoms with Gasteiger partial charge in [0.05, 0.1) is 13.0 Å². The predicted octanol–water partition coefficient (Wildman–Crippen LogP) is 1.10. The second-order valence-electron chi connectivity index (χ2n) is 4.49. The molecule has 0 radical (unpaired) electrons. The molecular formula is C13H15N5O3. The van der Waals surface area contributed by atoms with Crippen molar-refractivity contribution in [3.8, 4) is 0 Å². The van der Waals surface area contributed by atoms with Crippen molar-refractivity contribution in [2.45, 2.75) is 13.0 Å². The summed E-state index contributed by atoms with van der Waals surface area (Å²) < 4.78 is 0. The molecule has 110 valence electrons. The highest BCUT2D eigenvalue weighted by molar-refractivity contribution is 5.89. The lowest BCUT2D eigenvalue weighted by Gasteiger charge is -2.16. The number of carbonyl (C=O) groups is 2. The number of H-pyrrole nitrogens is 1. The van der Waals surface area contributed by atoms with Crippen LogP contribution in [0.25, 0.3) is 0 Å². The number of carbonyl (C=O) groups excluding carboxylic acids is 1. The molecule has 8 nitrogen and oxygen atoms in total. The van der Waals surface area contributed by atoms with Gasteiger partial charge in [-0.3, -0.25) is 9.89 Å². The monoisotopic (exact) mass is 289 g/mol. The number of amides is 2. The zero-order valence-corrected chi connectivity index (χ0v) is 11.4. The number of nitrogens with one attached hydrogen (secondary N) is 2. The maximum atomic E-state index is 12.0. The fourth-order valence-corrected chi connectivity index (χ4v) is 1.70. The van der Waals surface area contributed by atoms with Crippen molar-refractivity contribution < 1.29 is 14.7 Å². The van der Waals surface area contributed by atoms with Gasteiger partial charge in [0.15, 0.2) is 0 Å². The summed E-state index contributed by atoms with van der Waals surface area (Å²) in [6.45, 7) is 0.308. The van der Waals surface area contributed by atoms with Crippen LogP contribution < -0.4 is 5.32 Å². The molecule has 2 amide bonds. The van der Waals surface area contributed by atoms with E-state index in [-0.39, 0.29) is 12.5 Å². The van der Waals surface area contributed by atoms with Crippen LogP contribution in [0.2, 0.25) is 0 Å². The van der Waals surface area contributed by atoms with Gasteiger partial charge in [-0.1, -0.05) is 12.1 Å². The van der Waals surface area contributed by atoms with E-state index >= 15 is 0 Å². The minimum atomic E-state index is -0.890. The molecule has 3 N–H and O–H groups in total. The molecule has 0 spiro atoms. The Morgan fingerprint density at radius 1 is 1.33 bits per heavy atom. The van der Waals surface area contributed by atoms with E-state index in [2.05, 4.69) is 20.5 Å². The second kappa shape index (κ2) is 6.51. The van der Waals surface area contributed by atoms with Crippen LogP contribution in [0.5, 0.6) is 0 Å². The molecule has 0 aliphatic heterocycles. The van der Waals surface area contributed by atoms with Crippen molar-refractivity contribution in [1.29, 1.82) is 0 Å². The third kappa shape index (κ3) is 4.30. The normalized spacial score (nSPS) is 10.1. The zero-order valence-electron chi connectivity index (χ0n) is 11.4. The van der Waals surface area contributed by atoms with Crippen LogP contribution in [0.1, 0.15) is 11.4 Å². The van der Waals surface area contributed by atoms with Crippen LogP contribution in [0.15, 0.2) is 30.6 Å². The SMILES string of the molecule is CN(Cc1ncn[nH]1)C(=O)Nc1ccc(CC(=O)O)cc1. The summed E-state index contributed by atoms with van der Waals surface area (Å²) >= 11 is 0. The molecular weight excluding hydrogens is 274 g/mol. The van der Waals surface area contributed by atoms with E-state index in [4.69, 9.17) is 5.11 Å². The Morgan fingerprint density at radius 3 is 2.62 bits per heavy atom. The Kier molecular flexibility index (Phi) is 4.50. The van der Waals surface area contributed by atoms with Crippen LogP contribution in [-0.2, 0) is 17.8 Å². The van der Waals surface area contributed by atoms with E-state index in [0.717, 1.165) is 0 Å². The van der Waals surface area contributed by atoms with Gasteiger partial charge in [0.25, 0.3) is 0 Å². The lowest BCUT2D eigenvalue weighted by Crippen LogP contribution is -2.31. The Bertz CT molecular complexity index is 609. The molecule has 8 heteroatoms. The van der Waals surface area contributed by atoms with Crippen LogP contribution in [0, 0.1) is 0 Å². The first-order valence-corrected chi connectivity index (χ1v) is 6.21. The molecule has 0 atom stereocenters. The number of anilines is 1. The van der Waals surface area contributed by atoms with Gasteiger partial charge < -0.3 is 15.3 Å². The largest absolute Gasteiger partial charge is 0.481 e. The minimum absolute atomic E-state index is 0.0420. The molecule has 0 aliphatic carbocycles. The maximum Gasteiger partial charge on any atom is 0.321 e. The Morgan fingerprint density at radius 2 is 2.05 bits per heavy atom. The number of aromatic nitrogens is 3. The number of nitrogens with zero attached hydrogens (tertiary/aromatic N) is 3. The predicted molar refractivity (Wildman–Crippen MR) is 74.7 cm³/mol. The van der Waals surface area contributed by atoms with Crippen molar-refractivity contribution in [1.82, 2.24) is 20.1 Å². The molecule has 2 rings (SSSR count). The van der Waals surface area contributed by atoms with Gasteiger partial charge in [-0.15, -0.1) is 0 Å². The summed E-state index contributed by atoms with van der Waals surface area (Å²) in [4.78, 5) is 27.9. The quantitative estimate of drug-likeness (QED) is 0.763. The third-order valence-electron chi connectivity index (χ3n) is 2.76. The Balaban J connectivity index is 1.91. The molecule has 1 aromatic carbocycles. The first-order valence-electron chi connectivity index (χ1n) is 6.21. The van der Waals surface area contributed by atoms with Crippen molar-refractivity contribution in [3.05, 3.63) is 42.0 Å². The van der Waals surface area contributed by atoms with Gasteiger partial charge in [-0.2, -0.15) is 5.10 Å². The smallest absolute Gasteiger partial charge is 0.321 e. The molecule has 0 bridgehead atoms. The van der Waals surface area contributed by atoms with Crippen molar-refractivity contribution >= 4 is 17.7 Å². The fraction of sp³-hybridized carbons (Fsp3) is 0.231. The van der Waals surface area contributed by atoms with E-state index in [1.54, 1.807) is 31.3 Å². The number of carboxylic acids is 1. The van der Waals surface area contributed by atoms with Gasteiger partial charge >= 0.3 is 12.0 Å².